The lowest BCUT2D eigenvalue weighted by Gasteiger charge is -2.37. The van der Waals surface area contributed by atoms with E-state index in [1.165, 1.54) is 0 Å². The number of hydrogen-bond donors (Lipinski definition) is 1. The van der Waals surface area contributed by atoms with Gasteiger partial charge in [-0.25, -0.2) is 0 Å². The Hall–Kier alpha value is -0.720. The SMILES string of the molecule is COC1CCN(c2nncs2)C(CN)C1. The third-order valence-electron chi connectivity index (χ3n) is 2.87. The summed E-state index contributed by atoms with van der Waals surface area (Å²) in [5.41, 5.74) is 7.53. The van der Waals surface area contributed by atoms with Crippen molar-refractivity contribution < 1.29 is 4.74 Å². The van der Waals surface area contributed by atoms with Crippen molar-refractivity contribution in [3.8, 4) is 0 Å². The van der Waals surface area contributed by atoms with Gasteiger partial charge in [-0.1, -0.05) is 11.3 Å². The number of nitrogens with zero attached hydrogens (tertiary/aromatic N) is 3. The quantitative estimate of drug-likeness (QED) is 0.815. The first-order chi connectivity index (χ1) is 7.35. The normalized spacial score (nSPS) is 26.9. The number of rotatable bonds is 3. The zero-order valence-electron chi connectivity index (χ0n) is 8.80. The minimum absolute atomic E-state index is 0.330. The molecule has 5 nitrogen and oxygen atoms in total. The fourth-order valence-electron chi connectivity index (χ4n) is 2.00. The smallest absolute Gasteiger partial charge is 0.208 e. The average Bonchev–Trinajstić information content (AvgIpc) is 2.81. The number of piperidine rings is 1. The van der Waals surface area contributed by atoms with Crippen molar-refractivity contribution in [3.05, 3.63) is 5.51 Å². The zero-order valence-corrected chi connectivity index (χ0v) is 9.61. The van der Waals surface area contributed by atoms with Crippen LogP contribution in [0.25, 0.3) is 0 Å². The van der Waals surface area contributed by atoms with Crippen LogP contribution in [-0.4, -0.2) is 42.5 Å². The molecule has 2 N–H and O–H groups in total. The molecule has 1 fully saturated rings. The molecule has 1 saturated heterocycles. The van der Waals surface area contributed by atoms with E-state index in [1.54, 1.807) is 24.0 Å². The Labute approximate surface area is 93.2 Å². The molecule has 0 radical (unpaired) electrons. The second-order valence-corrected chi connectivity index (χ2v) is 4.50. The van der Waals surface area contributed by atoms with Crippen LogP contribution in [-0.2, 0) is 4.74 Å². The predicted molar refractivity (Wildman–Crippen MR) is 60.1 cm³/mol. The lowest BCUT2D eigenvalue weighted by Crippen LogP contribution is -2.48. The molecular formula is C9H16N4OS. The molecular weight excluding hydrogens is 212 g/mol. The summed E-state index contributed by atoms with van der Waals surface area (Å²) >= 11 is 1.56. The van der Waals surface area contributed by atoms with E-state index in [4.69, 9.17) is 10.5 Å². The Morgan fingerprint density at radius 3 is 3.20 bits per heavy atom. The summed E-state index contributed by atoms with van der Waals surface area (Å²) in [6, 6.07) is 0.330. The van der Waals surface area contributed by atoms with E-state index < -0.39 is 0 Å². The van der Waals surface area contributed by atoms with E-state index in [0.29, 0.717) is 18.7 Å². The van der Waals surface area contributed by atoms with Crippen LogP contribution >= 0.6 is 11.3 Å². The Morgan fingerprint density at radius 1 is 1.73 bits per heavy atom. The maximum absolute atomic E-state index is 5.78. The number of aromatic nitrogens is 2. The first-order valence-electron chi connectivity index (χ1n) is 5.10. The highest BCUT2D eigenvalue weighted by atomic mass is 32.1. The molecule has 1 aliphatic rings. The van der Waals surface area contributed by atoms with Crippen molar-refractivity contribution in [3.63, 3.8) is 0 Å². The molecule has 6 heteroatoms. The van der Waals surface area contributed by atoms with Crippen LogP contribution in [0, 0.1) is 0 Å². The van der Waals surface area contributed by atoms with Crippen molar-refractivity contribution in [2.75, 3.05) is 25.1 Å². The summed E-state index contributed by atoms with van der Waals surface area (Å²) in [7, 11) is 1.76. The van der Waals surface area contributed by atoms with E-state index in [2.05, 4.69) is 15.1 Å². The minimum atomic E-state index is 0.330. The summed E-state index contributed by atoms with van der Waals surface area (Å²) in [6.07, 6.45) is 2.35. The van der Waals surface area contributed by atoms with Gasteiger partial charge in [0, 0.05) is 26.2 Å². The maximum Gasteiger partial charge on any atom is 0.208 e. The lowest BCUT2D eigenvalue weighted by atomic mass is 10.00. The number of nitrogens with two attached hydrogens (primary N) is 1. The first-order valence-corrected chi connectivity index (χ1v) is 5.98. The molecule has 0 amide bonds. The molecule has 0 aliphatic carbocycles. The molecule has 1 aliphatic heterocycles. The second kappa shape index (κ2) is 4.87. The molecule has 2 atom stereocenters. The monoisotopic (exact) mass is 228 g/mol. The van der Waals surface area contributed by atoms with Gasteiger partial charge in [-0.05, 0) is 12.8 Å². The molecule has 1 aromatic heterocycles. The maximum atomic E-state index is 5.78. The van der Waals surface area contributed by atoms with Crippen LogP contribution in [0.1, 0.15) is 12.8 Å². The number of ether oxygens (including phenoxy) is 1. The summed E-state index contributed by atoms with van der Waals surface area (Å²) in [6.45, 7) is 1.59. The van der Waals surface area contributed by atoms with E-state index >= 15 is 0 Å². The molecule has 2 rings (SSSR count). The van der Waals surface area contributed by atoms with Crippen molar-refractivity contribution >= 4 is 16.5 Å². The third-order valence-corrected chi connectivity index (χ3v) is 3.59. The first kappa shape index (κ1) is 10.8. The molecule has 2 heterocycles. The summed E-state index contributed by atoms with van der Waals surface area (Å²) < 4.78 is 5.37. The number of hydrogen-bond acceptors (Lipinski definition) is 6. The van der Waals surface area contributed by atoms with Crippen molar-refractivity contribution in [1.82, 2.24) is 10.2 Å². The number of methoxy groups -OCH3 is 1. The molecule has 0 saturated carbocycles. The Balaban J connectivity index is 2.06. The third kappa shape index (κ3) is 2.27. The molecule has 1 aromatic rings. The molecule has 84 valence electrons. The average molecular weight is 228 g/mol. The van der Waals surface area contributed by atoms with Gasteiger partial charge < -0.3 is 15.4 Å². The van der Waals surface area contributed by atoms with Crippen LogP contribution in [0.2, 0.25) is 0 Å². The van der Waals surface area contributed by atoms with Gasteiger partial charge in [-0.3, -0.25) is 0 Å². The standard InChI is InChI=1S/C9H16N4OS/c1-14-8-2-3-13(7(4-8)5-10)9-12-11-6-15-9/h6-8H,2-5,10H2,1H3. The summed E-state index contributed by atoms with van der Waals surface area (Å²) in [5, 5.41) is 8.92. The fourth-order valence-corrected chi connectivity index (χ4v) is 2.65. The van der Waals surface area contributed by atoms with Gasteiger partial charge in [-0.2, -0.15) is 0 Å². The van der Waals surface area contributed by atoms with Crippen molar-refractivity contribution in [2.45, 2.75) is 25.0 Å². The predicted octanol–water partition coefficient (Wildman–Crippen LogP) is 0.481. The van der Waals surface area contributed by atoms with Crippen molar-refractivity contribution in [2.24, 2.45) is 5.73 Å². The Kier molecular flexibility index (Phi) is 3.50. The van der Waals surface area contributed by atoms with E-state index in [9.17, 15) is 0 Å². The van der Waals surface area contributed by atoms with Gasteiger partial charge in [-0.15, -0.1) is 10.2 Å². The molecule has 0 aromatic carbocycles. The molecule has 15 heavy (non-hydrogen) atoms. The van der Waals surface area contributed by atoms with Gasteiger partial charge in [0.15, 0.2) is 0 Å². The minimum Gasteiger partial charge on any atom is -0.381 e. The fraction of sp³-hybridized carbons (Fsp3) is 0.778. The number of anilines is 1. The highest BCUT2D eigenvalue weighted by Crippen LogP contribution is 2.26. The second-order valence-electron chi connectivity index (χ2n) is 3.69. The summed E-state index contributed by atoms with van der Waals surface area (Å²) in [4.78, 5) is 2.24. The Bertz CT molecular complexity index is 292. The van der Waals surface area contributed by atoms with Gasteiger partial charge in [0.05, 0.1) is 6.10 Å². The van der Waals surface area contributed by atoms with Crippen LogP contribution in [0.15, 0.2) is 5.51 Å². The van der Waals surface area contributed by atoms with Crippen LogP contribution in [0.3, 0.4) is 0 Å². The van der Waals surface area contributed by atoms with Crippen LogP contribution < -0.4 is 10.6 Å². The van der Waals surface area contributed by atoms with E-state index in [1.807, 2.05) is 0 Å². The molecule has 0 bridgehead atoms. The lowest BCUT2D eigenvalue weighted by molar-refractivity contribution is 0.0709. The van der Waals surface area contributed by atoms with Gasteiger partial charge >= 0.3 is 0 Å². The topological polar surface area (TPSA) is 64.3 Å². The van der Waals surface area contributed by atoms with E-state index in [-0.39, 0.29) is 0 Å². The van der Waals surface area contributed by atoms with Crippen molar-refractivity contribution in [1.29, 1.82) is 0 Å². The molecule has 2 unspecified atom stereocenters. The summed E-state index contributed by atoms with van der Waals surface area (Å²) in [5.74, 6) is 0. The van der Waals surface area contributed by atoms with Gasteiger partial charge in [0.25, 0.3) is 0 Å². The highest BCUT2D eigenvalue weighted by molar-refractivity contribution is 7.13. The van der Waals surface area contributed by atoms with Crippen LogP contribution in [0.5, 0.6) is 0 Å². The van der Waals surface area contributed by atoms with E-state index in [0.717, 1.165) is 24.5 Å². The van der Waals surface area contributed by atoms with Crippen LogP contribution in [0.4, 0.5) is 5.13 Å². The molecule has 0 spiro atoms. The van der Waals surface area contributed by atoms with Gasteiger partial charge in [0.1, 0.15) is 5.51 Å². The van der Waals surface area contributed by atoms with Gasteiger partial charge in [0.2, 0.25) is 5.13 Å². The largest absolute Gasteiger partial charge is 0.381 e. The highest BCUT2D eigenvalue weighted by Gasteiger charge is 2.28. The zero-order chi connectivity index (χ0) is 10.7. The Morgan fingerprint density at radius 2 is 2.60 bits per heavy atom.